The molecular formula is C54H88O22. The summed E-state index contributed by atoms with van der Waals surface area (Å²) < 4.78 is 47.2. The number of aliphatic hydroxyl groups is 13. The Labute approximate surface area is 444 Å². The monoisotopic (exact) mass is 1090 g/mol. The van der Waals surface area contributed by atoms with Crippen LogP contribution in [0.3, 0.4) is 0 Å². The van der Waals surface area contributed by atoms with Crippen molar-refractivity contribution in [2.75, 3.05) is 19.8 Å². The molecule has 0 spiro atoms. The molecule has 0 aromatic heterocycles. The van der Waals surface area contributed by atoms with Gasteiger partial charge in [-0.25, -0.2) is 0 Å². The number of ether oxygens (including phenoxy) is 8. The van der Waals surface area contributed by atoms with E-state index in [9.17, 15) is 66.4 Å². The summed E-state index contributed by atoms with van der Waals surface area (Å²) in [6.07, 6.45) is -24.0. The van der Waals surface area contributed by atoms with Gasteiger partial charge in [0.05, 0.1) is 37.4 Å². The summed E-state index contributed by atoms with van der Waals surface area (Å²) in [6, 6.07) is 0. The molecule has 5 aliphatic carbocycles. The molecule has 0 amide bonds. The van der Waals surface area contributed by atoms with Crippen LogP contribution in [0.1, 0.15) is 113 Å². The van der Waals surface area contributed by atoms with Crippen LogP contribution in [-0.2, 0) is 42.7 Å². The summed E-state index contributed by atoms with van der Waals surface area (Å²) in [5, 5.41) is 139. The van der Waals surface area contributed by atoms with Gasteiger partial charge >= 0.3 is 5.97 Å². The summed E-state index contributed by atoms with van der Waals surface area (Å²) in [4.78, 5) is 15.1. The molecule has 9 aliphatic rings. The number of aliphatic hydroxyl groups excluding tert-OH is 13. The first-order chi connectivity index (χ1) is 35.6. The van der Waals surface area contributed by atoms with E-state index < -0.39 is 154 Å². The molecule has 0 unspecified atom stereocenters. The van der Waals surface area contributed by atoms with Crippen LogP contribution in [0, 0.1) is 56.7 Å². The van der Waals surface area contributed by atoms with E-state index in [4.69, 9.17) is 37.9 Å². The molecule has 4 heterocycles. The van der Waals surface area contributed by atoms with Gasteiger partial charge in [-0.15, -0.1) is 0 Å². The van der Waals surface area contributed by atoms with Crippen molar-refractivity contribution in [3.05, 3.63) is 12.2 Å². The van der Waals surface area contributed by atoms with Crippen molar-refractivity contribution in [1.29, 1.82) is 0 Å². The summed E-state index contributed by atoms with van der Waals surface area (Å²) >= 11 is 0. The zero-order chi connectivity index (χ0) is 55.5. The Morgan fingerprint density at radius 1 is 0.553 bits per heavy atom. The number of carbonyl (C=O) groups is 1. The lowest BCUT2D eigenvalue weighted by atomic mass is 9.32. The third kappa shape index (κ3) is 9.38. The lowest BCUT2D eigenvalue weighted by molar-refractivity contribution is -0.361. The Balaban J connectivity index is 0.879. The van der Waals surface area contributed by atoms with Gasteiger partial charge in [0.2, 0.25) is 6.29 Å². The second kappa shape index (κ2) is 21.6. The maximum atomic E-state index is 15.1. The number of carbonyl (C=O) groups excluding carboxylic acids is 1. The zero-order valence-corrected chi connectivity index (χ0v) is 44.9. The fourth-order valence-electron chi connectivity index (χ4n) is 17.3. The fourth-order valence-corrected chi connectivity index (χ4v) is 17.3. The Hall–Kier alpha value is -1.59. The van der Waals surface area contributed by atoms with E-state index in [0.717, 1.165) is 44.1 Å². The third-order valence-electron chi connectivity index (χ3n) is 21.8. The first kappa shape index (κ1) is 59.0. The largest absolute Gasteiger partial charge is 0.432 e. The number of fused-ring (bicyclic) bond motifs is 7. The Morgan fingerprint density at radius 3 is 1.78 bits per heavy atom. The molecule has 5 saturated carbocycles. The average molecular weight is 1090 g/mol. The van der Waals surface area contributed by atoms with Crippen molar-refractivity contribution < 1.29 is 109 Å². The molecule has 0 radical (unpaired) electrons. The highest BCUT2D eigenvalue weighted by Crippen LogP contribution is 2.78. The molecule has 4 saturated heterocycles. The second-order valence-electron chi connectivity index (χ2n) is 25.8. The molecule has 436 valence electrons. The summed E-state index contributed by atoms with van der Waals surface area (Å²) in [5.74, 6) is -0.0967. The molecule has 22 heteroatoms. The molecule has 13 N–H and O–H groups in total. The van der Waals surface area contributed by atoms with Crippen molar-refractivity contribution in [3.63, 3.8) is 0 Å². The second-order valence-corrected chi connectivity index (χ2v) is 25.8. The predicted molar refractivity (Wildman–Crippen MR) is 261 cm³/mol. The van der Waals surface area contributed by atoms with Crippen LogP contribution in [0.5, 0.6) is 0 Å². The number of esters is 1. The van der Waals surface area contributed by atoms with Crippen LogP contribution in [-0.4, -0.2) is 221 Å². The molecule has 30 atom stereocenters. The van der Waals surface area contributed by atoms with Crippen molar-refractivity contribution in [1.82, 2.24) is 0 Å². The molecular weight excluding hydrogens is 1000 g/mol. The molecule has 0 aromatic rings. The van der Waals surface area contributed by atoms with E-state index in [0.29, 0.717) is 31.6 Å². The van der Waals surface area contributed by atoms with E-state index in [1.807, 2.05) is 6.92 Å². The van der Waals surface area contributed by atoms with Gasteiger partial charge in [-0.05, 0) is 129 Å². The molecule has 9 fully saturated rings. The van der Waals surface area contributed by atoms with Crippen LogP contribution in [0.4, 0.5) is 0 Å². The topological polar surface area (TPSA) is 354 Å². The highest BCUT2D eigenvalue weighted by atomic mass is 16.8. The van der Waals surface area contributed by atoms with E-state index in [1.54, 1.807) is 0 Å². The van der Waals surface area contributed by atoms with E-state index >= 15 is 4.79 Å². The van der Waals surface area contributed by atoms with Gasteiger partial charge in [0, 0.05) is 0 Å². The maximum Gasteiger partial charge on any atom is 0.314 e. The van der Waals surface area contributed by atoms with Crippen LogP contribution in [0.15, 0.2) is 12.2 Å². The van der Waals surface area contributed by atoms with Gasteiger partial charge in [0.1, 0.15) is 91.6 Å². The van der Waals surface area contributed by atoms with E-state index in [1.165, 1.54) is 6.92 Å². The van der Waals surface area contributed by atoms with Crippen molar-refractivity contribution in [3.8, 4) is 0 Å². The van der Waals surface area contributed by atoms with Gasteiger partial charge in [0.25, 0.3) is 0 Å². The van der Waals surface area contributed by atoms with E-state index in [-0.39, 0.29) is 51.4 Å². The first-order valence-electron chi connectivity index (χ1n) is 27.7. The number of hydrogen-bond acceptors (Lipinski definition) is 22. The molecule has 0 bridgehead atoms. The van der Waals surface area contributed by atoms with Crippen LogP contribution < -0.4 is 0 Å². The number of allylic oxidation sites excluding steroid dienone is 1. The van der Waals surface area contributed by atoms with Gasteiger partial charge in [-0.1, -0.05) is 46.8 Å². The Morgan fingerprint density at radius 2 is 1.13 bits per heavy atom. The predicted octanol–water partition coefficient (Wildman–Crippen LogP) is -1.15. The minimum atomic E-state index is -1.87. The van der Waals surface area contributed by atoms with Gasteiger partial charge < -0.3 is 104 Å². The summed E-state index contributed by atoms with van der Waals surface area (Å²) in [6.45, 7) is 17.6. The highest BCUT2D eigenvalue weighted by molar-refractivity contribution is 5.78. The Bertz CT molecular complexity index is 2060. The standard InChI is InChI=1S/C54H88O22/c1-22(2)24-11-16-54(49(68)76-48-42(66)38(62)35(59)28(73-48)21-69-45-43(67)39(63)44(27(20-56)72-45)75-46-40(64)36(60)33(57)23(3)70-46)18-17-52(7)25(32(24)54)9-10-30-51(6)14-13-31(50(4,5)29(51)12-15-53(30,52)8)74-47-41(65)37(61)34(58)26(19-55)71-47/h23-48,55-67H,1,9-21H2,2-8H3/t23-,24-,25+,26+,27+,28+,29-,30+,31+,32+,33-,34+,35+,36+,37-,38-,39+,40+,41+,42+,43+,44+,45+,46-,47-,48-,51-,52+,53+,54-/m0/s1. The quantitative estimate of drug-likeness (QED) is 0.0623. The van der Waals surface area contributed by atoms with E-state index in [2.05, 4.69) is 41.2 Å². The lowest BCUT2D eigenvalue weighted by Gasteiger charge is -2.73. The average Bonchev–Trinajstić information content (AvgIpc) is 3.95. The number of hydrogen-bond donors (Lipinski definition) is 13. The summed E-state index contributed by atoms with van der Waals surface area (Å²) in [5.41, 5.74) is -0.824. The minimum absolute atomic E-state index is 0.00252. The molecule has 0 aromatic carbocycles. The lowest BCUT2D eigenvalue weighted by Crippen LogP contribution is -2.68. The highest BCUT2D eigenvalue weighted by Gasteiger charge is 2.73. The minimum Gasteiger partial charge on any atom is -0.432 e. The fraction of sp³-hybridized carbons (Fsp3) is 0.944. The zero-order valence-electron chi connectivity index (χ0n) is 44.9. The van der Waals surface area contributed by atoms with Crippen molar-refractivity contribution in [2.24, 2.45) is 56.7 Å². The summed E-state index contributed by atoms with van der Waals surface area (Å²) in [7, 11) is 0. The van der Waals surface area contributed by atoms with Crippen LogP contribution in [0.25, 0.3) is 0 Å². The van der Waals surface area contributed by atoms with Crippen LogP contribution in [0.2, 0.25) is 0 Å². The van der Waals surface area contributed by atoms with Gasteiger partial charge in [0.15, 0.2) is 18.9 Å². The third-order valence-corrected chi connectivity index (χ3v) is 21.8. The number of rotatable bonds is 12. The molecule has 9 rings (SSSR count). The molecule has 22 nitrogen and oxygen atoms in total. The van der Waals surface area contributed by atoms with Crippen LogP contribution >= 0.6 is 0 Å². The van der Waals surface area contributed by atoms with Gasteiger partial charge in [-0.3, -0.25) is 4.79 Å². The molecule has 4 aliphatic heterocycles. The normalized spacial score (nSPS) is 55.1. The SMILES string of the molecule is C=C(C)[C@@H]1CC[C@]2(C(=O)O[C@@H]3O[C@H](CO[C@@H]4O[C@H](CO)[C@@H](O[C@@H]5O[C@@H](C)[C@H](O)[C@@H](O)[C@H]5O)[C@H](O)[C@H]4O)[C@@H](O)[C@H](O)[C@H]3O)CC[C@]3(C)[C@H](CC[C@@H]4[C@@]5(C)CC[C@@H](O[C@@H]6O[C@H](CO)[C@@H](O)[C@H](O)[C@H]6O)C(C)(C)[C@@H]5CC[C@]43C)[C@@H]12. The van der Waals surface area contributed by atoms with Crippen molar-refractivity contribution in [2.45, 2.75) is 242 Å². The smallest absolute Gasteiger partial charge is 0.314 e. The first-order valence-corrected chi connectivity index (χ1v) is 27.7. The molecule has 76 heavy (non-hydrogen) atoms. The Kier molecular flexibility index (Phi) is 16.8. The van der Waals surface area contributed by atoms with Gasteiger partial charge in [-0.2, -0.15) is 0 Å². The van der Waals surface area contributed by atoms with Crippen molar-refractivity contribution >= 4 is 5.97 Å². The maximum absolute atomic E-state index is 15.1.